The summed E-state index contributed by atoms with van der Waals surface area (Å²) < 4.78 is 0. The Morgan fingerprint density at radius 2 is 2.43 bits per heavy atom. The van der Waals surface area contributed by atoms with Crippen molar-refractivity contribution in [2.75, 3.05) is 12.4 Å². The van der Waals surface area contributed by atoms with Crippen molar-refractivity contribution >= 4 is 23.1 Å². The van der Waals surface area contributed by atoms with Crippen molar-refractivity contribution in [1.82, 2.24) is 4.98 Å². The molecule has 0 saturated carbocycles. The van der Waals surface area contributed by atoms with Crippen LogP contribution in [0.25, 0.3) is 0 Å². The molecule has 0 aliphatic carbocycles. The van der Waals surface area contributed by atoms with Crippen molar-refractivity contribution in [1.29, 1.82) is 0 Å². The molecule has 2 nitrogen and oxygen atoms in total. The van der Waals surface area contributed by atoms with Crippen LogP contribution in [0.15, 0.2) is 5.38 Å². The maximum Gasteiger partial charge on any atom is 0.0925 e. The van der Waals surface area contributed by atoms with Crippen LogP contribution in [0, 0.1) is 5.92 Å². The number of aryl methyl sites for hydroxylation is 1. The Bertz CT molecular complexity index is 262. The maximum atomic E-state index is 8.85. The Morgan fingerprint density at radius 3 is 3.00 bits per heavy atom. The molecule has 1 N–H and O–H groups in total. The first-order chi connectivity index (χ1) is 6.76. The number of aliphatic hydroxyl groups excluding tert-OH is 1. The van der Waals surface area contributed by atoms with E-state index >= 15 is 0 Å². The first-order valence-corrected chi connectivity index (χ1v) is 6.91. The first-order valence-electron chi connectivity index (χ1n) is 4.88. The molecule has 0 radical (unpaired) electrons. The molecule has 0 fully saturated rings. The van der Waals surface area contributed by atoms with Crippen LogP contribution in [0.1, 0.15) is 24.5 Å². The Balaban J connectivity index is 2.24. The van der Waals surface area contributed by atoms with Gasteiger partial charge in [-0.25, -0.2) is 4.98 Å². The van der Waals surface area contributed by atoms with E-state index in [0.717, 1.165) is 17.9 Å². The third-order valence-corrected chi connectivity index (χ3v) is 4.21. The van der Waals surface area contributed by atoms with E-state index in [1.807, 2.05) is 11.8 Å². The summed E-state index contributed by atoms with van der Waals surface area (Å²) in [6.45, 7) is 4.47. The van der Waals surface area contributed by atoms with Crippen molar-refractivity contribution in [3.05, 3.63) is 16.1 Å². The summed E-state index contributed by atoms with van der Waals surface area (Å²) in [7, 11) is 0. The molecule has 1 unspecified atom stereocenters. The van der Waals surface area contributed by atoms with E-state index in [-0.39, 0.29) is 6.61 Å². The molecule has 0 saturated heterocycles. The Kier molecular flexibility index (Phi) is 5.52. The predicted octanol–water partition coefficient (Wildman–Crippen LogP) is 2.57. The van der Waals surface area contributed by atoms with E-state index < -0.39 is 0 Å². The summed E-state index contributed by atoms with van der Waals surface area (Å²) in [5.41, 5.74) is 1.18. The fourth-order valence-electron chi connectivity index (χ4n) is 0.995. The van der Waals surface area contributed by atoms with E-state index in [2.05, 4.69) is 24.2 Å². The number of aromatic nitrogens is 1. The summed E-state index contributed by atoms with van der Waals surface area (Å²) in [6.07, 6.45) is 1.03. The molecule has 1 atom stereocenters. The highest BCUT2D eigenvalue weighted by Crippen LogP contribution is 2.17. The van der Waals surface area contributed by atoms with Crippen LogP contribution in [0.3, 0.4) is 0 Å². The second-order valence-corrected chi connectivity index (χ2v) is 5.36. The number of nitrogens with zero attached hydrogens (tertiary/aromatic N) is 1. The fourth-order valence-corrected chi connectivity index (χ4v) is 2.83. The number of rotatable bonds is 6. The SMILES string of the molecule is CCc1nc(CSCC(C)CO)cs1. The minimum Gasteiger partial charge on any atom is -0.396 e. The van der Waals surface area contributed by atoms with Gasteiger partial charge in [0.05, 0.1) is 10.7 Å². The van der Waals surface area contributed by atoms with Gasteiger partial charge in [0.1, 0.15) is 0 Å². The van der Waals surface area contributed by atoms with Gasteiger partial charge in [0.2, 0.25) is 0 Å². The molecule has 4 heteroatoms. The molecule has 1 rings (SSSR count). The zero-order valence-corrected chi connectivity index (χ0v) is 10.3. The molecule has 1 aromatic rings. The van der Waals surface area contributed by atoms with Crippen molar-refractivity contribution in [3.8, 4) is 0 Å². The van der Waals surface area contributed by atoms with Crippen molar-refractivity contribution in [3.63, 3.8) is 0 Å². The average Bonchev–Trinajstić information content (AvgIpc) is 2.65. The van der Waals surface area contributed by atoms with Crippen LogP contribution in [-0.2, 0) is 12.2 Å². The summed E-state index contributed by atoms with van der Waals surface area (Å²) in [5, 5.41) is 12.2. The van der Waals surface area contributed by atoms with Gasteiger partial charge in [0.25, 0.3) is 0 Å². The summed E-state index contributed by atoms with van der Waals surface area (Å²) in [4.78, 5) is 4.49. The van der Waals surface area contributed by atoms with Crippen LogP contribution in [0.4, 0.5) is 0 Å². The van der Waals surface area contributed by atoms with Crippen molar-refractivity contribution < 1.29 is 5.11 Å². The largest absolute Gasteiger partial charge is 0.396 e. The zero-order valence-electron chi connectivity index (χ0n) is 8.69. The number of aliphatic hydroxyl groups is 1. The van der Waals surface area contributed by atoms with E-state index in [9.17, 15) is 0 Å². The molecule has 0 amide bonds. The number of thioether (sulfide) groups is 1. The zero-order chi connectivity index (χ0) is 10.4. The van der Waals surface area contributed by atoms with Gasteiger partial charge in [-0.05, 0) is 18.1 Å². The molecule has 0 bridgehead atoms. The molecule has 0 aromatic carbocycles. The Labute approximate surface area is 93.8 Å². The van der Waals surface area contributed by atoms with Crippen molar-refractivity contribution in [2.45, 2.75) is 26.0 Å². The monoisotopic (exact) mass is 231 g/mol. The Hall–Kier alpha value is -0.0600. The molecule has 1 heterocycles. The molecule has 1 aromatic heterocycles. The van der Waals surface area contributed by atoms with E-state index in [4.69, 9.17) is 5.11 Å². The topological polar surface area (TPSA) is 33.1 Å². The van der Waals surface area contributed by atoms with Gasteiger partial charge in [-0.2, -0.15) is 11.8 Å². The number of hydrogen-bond acceptors (Lipinski definition) is 4. The second-order valence-electron chi connectivity index (χ2n) is 3.39. The molecule has 80 valence electrons. The molecule has 14 heavy (non-hydrogen) atoms. The number of hydrogen-bond donors (Lipinski definition) is 1. The summed E-state index contributed by atoms with van der Waals surface area (Å²) in [5.74, 6) is 2.38. The van der Waals surface area contributed by atoms with Crippen LogP contribution in [-0.4, -0.2) is 22.5 Å². The minimum absolute atomic E-state index is 0.282. The smallest absolute Gasteiger partial charge is 0.0925 e. The summed E-state index contributed by atoms with van der Waals surface area (Å²) in [6, 6.07) is 0. The fraction of sp³-hybridized carbons (Fsp3) is 0.700. The molecule has 0 aliphatic rings. The first kappa shape index (κ1) is 12.0. The quantitative estimate of drug-likeness (QED) is 0.817. The highest BCUT2D eigenvalue weighted by Gasteiger charge is 2.03. The van der Waals surface area contributed by atoms with Gasteiger partial charge in [-0.15, -0.1) is 11.3 Å². The third kappa shape index (κ3) is 3.98. The molecular weight excluding hydrogens is 214 g/mol. The average molecular weight is 231 g/mol. The van der Waals surface area contributed by atoms with Crippen molar-refractivity contribution in [2.24, 2.45) is 5.92 Å². The van der Waals surface area contributed by atoms with Gasteiger partial charge in [-0.3, -0.25) is 0 Å². The minimum atomic E-state index is 0.282. The molecular formula is C10H17NOS2. The lowest BCUT2D eigenvalue weighted by atomic mass is 10.2. The lowest BCUT2D eigenvalue weighted by Crippen LogP contribution is -2.03. The lowest BCUT2D eigenvalue weighted by Gasteiger charge is -2.05. The number of thiazole rings is 1. The highest BCUT2D eigenvalue weighted by molar-refractivity contribution is 7.98. The summed E-state index contributed by atoms with van der Waals surface area (Å²) >= 11 is 3.59. The van der Waals surface area contributed by atoms with Crippen LogP contribution in [0.2, 0.25) is 0 Å². The van der Waals surface area contributed by atoms with E-state index in [1.165, 1.54) is 10.7 Å². The van der Waals surface area contributed by atoms with Gasteiger partial charge < -0.3 is 5.11 Å². The van der Waals surface area contributed by atoms with Gasteiger partial charge in [-0.1, -0.05) is 13.8 Å². The predicted molar refractivity (Wildman–Crippen MR) is 63.9 cm³/mol. The Morgan fingerprint density at radius 1 is 1.64 bits per heavy atom. The van der Waals surface area contributed by atoms with E-state index in [1.54, 1.807) is 11.3 Å². The van der Waals surface area contributed by atoms with Gasteiger partial charge in [0.15, 0.2) is 0 Å². The highest BCUT2D eigenvalue weighted by atomic mass is 32.2. The lowest BCUT2D eigenvalue weighted by molar-refractivity contribution is 0.250. The second kappa shape index (κ2) is 6.43. The molecule has 0 aliphatic heterocycles. The van der Waals surface area contributed by atoms with E-state index in [0.29, 0.717) is 5.92 Å². The normalized spacial score (nSPS) is 13.1. The van der Waals surface area contributed by atoms with Gasteiger partial charge >= 0.3 is 0 Å². The third-order valence-electron chi connectivity index (χ3n) is 1.87. The molecule has 0 spiro atoms. The van der Waals surface area contributed by atoms with Gasteiger partial charge in [0, 0.05) is 17.7 Å². The van der Waals surface area contributed by atoms with Crippen LogP contribution in [0.5, 0.6) is 0 Å². The van der Waals surface area contributed by atoms with Crippen LogP contribution >= 0.6 is 23.1 Å². The standard InChI is InChI=1S/C10H17NOS2/c1-3-10-11-9(7-14-10)6-13-5-8(2)4-12/h7-8,12H,3-6H2,1-2H3. The maximum absolute atomic E-state index is 8.85. The van der Waals surface area contributed by atoms with Crippen LogP contribution < -0.4 is 0 Å².